The fourth-order valence-electron chi connectivity index (χ4n) is 3.19. The van der Waals surface area contributed by atoms with E-state index in [2.05, 4.69) is 10.2 Å². The summed E-state index contributed by atoms with van der Waals surface area (Å²) in [5.74, 6) is -0.704. The van der Waals surface area contributed by atoms with Gasteiger partial charge in [-0.2, -0.15) is 0 Å². The van der Waals surface area contributed by atoms with Crippen LogP contribution in [-0.4, -0.2) is 47.2 Å². The van der Waals surface area contributed by atoms with E-state index in [0.29, 0.717) is 12.8 Å². The van der Waals surface area contributed by atoms with Crippen LogP contribution in [0.5, 0.6) is 0 Å². The number of hydrogen-bond donors (Lipinski definition) is 2. The van der Waals surface area contributed by atoms with Gasteiger partial charge in [-0.25, -0.2) is 0 Å². The first-order valence-electron chi connectivity index (χ1n) is 8.23. The molecule has 0 radical (unpaired) electrons. The molecule has 20 heavy (non-hydrogen) atoms. The van der Waals surface area contributed by atoms with E-state index < -0.39 is 11.5 Å². The molecule has 1 fully saturated rings. The van der Waals surface area contributed by atoms with Crippen molar-refractivity contribution in [3.05, 3.63) is 0 Å². The summed E-state index contributed by atoms with van der Waals surface area (Å²) in [5.41, 5.74) is -0.750. The van der Waals surface area contributed by atoms with Gasteiger partial charge in [0, 0.05) is 6.04 Å². The lowest BCUT2D eigenvalue weighted by Crippen LogP contribution is -2.54. The van der Waals surface area contributed by atoms with E-state index in [4.69, 9.17) is 0 Å². The maximum Gasteiger partial charge on any atom is 0.323 e. The van der Waals surface area contributed by atoms with Crippen molar-refractivity contribution in [2.45, 2.75) is 77.3 Å². The van der Waals surface area contributed by atoms with Gasteiger partial charge < -0.3 is 10.0 Å². The summed E-state index contributed by atoms with van der Waals surface area (Å²) >= 11 is 0. The van der Waals surface area contributed by atoms with Crippen molar-refractivity contribution < 1.29 is 9.90 Å². The Morgan fingerprint density at radius 3 is 2.30 bits per heavy atom. The zero-order chi connectivity index (χ0) is 15.0. The van der Waals surface area contributed by atoms with Crippen LogP contribution in [0.25, 0.3) is 0 Å². The number of carboxylic acid groups (broad SMARTS) is 1. The largest absolute Gasteiger partial charge is 0.480 e. The fourth-order valence-corrected chi connectivity index (χ4v) is 3.19. The van der Waals surface area contributed by atoms with Gasteiger partial charge in [-0.15, -0.1) is 0 Å². The van der Waals surface area contributed by atoms with Crippen molar-refractivity contribution in [1.82, 2.24) is 10.2 Å². The van der Waals surface area contributed by atoms with Crippen molar-refractivity contribution in [2.24, 2.45) is 0 Å². The van der Waals surface area contributed by atoms with Crippen molar-refractivity contribution in [3.8, 4) is 0 Å². The standard InChI is InChI=1S/C16H32N2O2/c1-4-16(15(19)20,17-14(2)3)10-9-13-18-11-7-5-6-8-12-18/h14,17H,4-13H2,1-3H3,(H,19,20). The van der Waals surface area contributed by atoms with E-state index in [1.165, 1.54) is 38.8 Å². The van der Waals surface area contributed by atoms with Gasteiger partial charge >= 0.3 is 5.97 Å². The molecule has 4 nitrogen and oxygen atoms in total. The van der Waals surface area contributed by atoms with E-state index in [9.17, 15) is 9.90 Å². The molecule has 0 bridgehead atoms. The van der Waals surface area contributed by atoms with Gasteiger partial charge in [0.2, 0.25) is 0 Å². The lowest BCUT2D eigenvalue weighted by Gasteiger charge is -2.32. The number of nitrogens with zero attached hydrogens (tertiary/aromatic N) is 1. The highest BCUT2D eigenvalue weighted by molar-refractivity contribution is 5.78. The molecule has 1 unspecified atom stereocenters. The first-order valence-corrected chi connectivity index (χ1v) is 8.23. The molecule has 0 aromatic rings. The number of likely N-dealkylation sites (tertiary alicyclic amines) is 1. The first-order chi connectivity index (χ1) is 9.50. The van der Waals surface area contributed by atoms with Crippen molar-refractivity contribution in [2.75, 3.05) is 19.6 Å². The average molecular weight is 284 g/mol. The molecule has 0 aromatic heterocycles. The van der Waals surface area contributed by atoms with Gasteiger partial charge in [0.25, 0.3) is 0 Å². The number of aliphatic carboxylic acids is 1. The van der Waals surface area contributed by atoms with Gasteiger partial charge in [-0.05, 0) is 65.6 Å². The van der Waals surface area contributed by atoms with Gasteiger partial charge in [0.1, 0.15) is 5.54 Å². The maximum atomic E-state index is 11.6. The number of carboxylic acids is 1. The number of carbonyl (C=O) groups is 1. The molecule has 2 N–H and O–H groups in total. The highest BCUT2D eigenvalue weighted by atomic mass is 16.4. The van der Waals surface area contributed by atoms with E-state index in [-0.39, 0.29) is 6.04 Å². The lowest BCUT2D eigenvalue weighted by molar-refractivity contribution is -0.145. The Morgan fingerprint density at radius 1 is 1.25 bits per heavy atom. The second kappa shape index (κ2) is 8.63. The molecule has 1 saturated heterocycles. The van der Waals surface area contributed by atoms with Crippen LogP contribution in [0.15, 0.2) is 0 Å². The van der Waals surface area contributed by atoms with Gasteiger partial charge in [0.05, 0.1) is 0 Å². The molecular weight excluding hydrogens is 252 g/mol. The van der Waals surface area contributed by atoms with E-state index in [1.807, 2.05) is 20.8 Å². The Kier molecular flexibility index (Phi) is 7.52. The zero-order valence-corrected chi connectivity index (χ0v) is 13.5. The van der Waals surface area contributed by atoms with Crippen LogP contribution in [-0.2, 0) is 4.79 Å². The van der Waals surface area contributed by atoms with Crippen LogP contribution in [0.1, 0.15) is 65.7 Å². The average Bonchev–Trinajstić information content (AvgIpc) is 2.65. The molecule has 1 atom stereocenters. The topological polar surface area (TPSA) is 52.6 Å². The Hall–Kier alpha value is -0.610. The Morgan fingerprint density at radius 2 is 1.85 bits per heavy atom. The molecular formula is C16H32N2O2. The molecule has 0 amide bonds. The highest BCUT2D eigenvalue weighted by Crippen LogP contribution is 2.20. The predicted molar refractivity (Wildman–Crippen MR) is 83.1 cm³/mol. The number of hydrogen-bond acceptors (Lipinski definition) is 3. The lowest BCUT2D eigenvalue weighted by atomic mass is 9.89. The monoisotopic (exact) mass is 284 g/mol. The van der Waals surface area contributed by atoms with E-state index in [1.54, 1.807) is 0 Å². The van der Waals surface area contributed by atoms with Crippen LogP contribution in [0.2, 0.25) is 0 Å². The molecule has 0 saturated carbocycles. The third kappa shape index (κ3) is 5.41. The molecule has 1 aliphatic heterocycles. The number of rotatable bonds is 8. The first kappa shape index (κ1) is 17.4. The second-order valence-electron chi connectivity index (χ2n) is 6.40. The summed E-state index contributed by atoms with van der Waals surface area (Å²) in [5, 5.41) is 12.9. The van der Waals surface area contributed by atoms with Crippen LogP contribution >= 0.6 is 0 Å². The van der Waals surface area contributed by atoms with Crippen molar-refractivity contribution in [1.29, 1.82) is 0 Å². The zero-order valence-electron chi connectivity index (χ0n) is 13.5. The third-order valence-corrected chi connectivity index (χ3v) is 4.35. The summed E-state index contributed by atoms with van der Waals surface area (Å²) < 4.78 is 0. The fraction of sp³-hybridized carbons (Fsp3) is 0.938. The van der Waals surface area contributed by atoms with Crippen LogP contribution in [0.3, 0.4) is 0 Å². The quantitative estimate of drug-likeness (QED) is 0.719. The number of nitrogens with one attached hydrogen (secondary N) is 1. The van der Waals surface area contributed by atoms with Crippen LogP contribution in [0.4, 0.5) is 0 Å². The van der Waals surface area contributed by atoms with Gasteiger partial charge in [-0.3, -0.25) is 10.1 Å². The van der Waals surface area contributed by atoms with Gasteiger partial charge in [0.15, 0.2) is 0 Å². The SMILES string of the molecule is CCC(CCCN1CCCCCC1)(NC(C)C)C(=O)O. The van der Waals surface area contributed by atoms with Crippen LogP contribution < -0.4 is 5.32 Å². The van der Waals surface area contributed by atoms with Gasteiger partial charge in [-0.1, -0.05) is 19.8 Å². The van der Waals surface area contributed by atoms with E-state index >= 15 is 0 Å². The maximum absolute atomic E-state index is 11.6. The van der Waals surface area contributed by atoms with E-state index in [0.717, 1.165) is 13.0 Å². The summed E-state index contributed by atoms with van der Waals surface area (Å²) in [4.78, 5) is 14.2. The Bertz CT molecular complexity index is 286. The Balaban J connectivity index is 2.46. The smallest absolute Gasteiger partial charge is 0.323 e. The Labute approximate surface area is 123 Å². The van der Waals surface area contributed by atoms with Crippen molar-refractivity contribution in [3.63, 3.8) is 0 Å². The molecule has 0 aromatic carbocycles. The second-order valence-corrected chi connectivity index (χ2v) is 6.40. The molecule has 0 spiro atoms. The predicted octanol–water partition coefficient (Wildman–Crippen LogP) is 2.87. The molecule has 1 heterocycles. The molecule has 1 rings (SSSR count). The summed E-state index contributed by atoms with van der Waals surface area (Å²) in [6, 6.07) is 0.198. The minimum atomic E-state index is -0.750. The van der Waals surface area contributed by atoms with Crippen LogP contribution in [0, 0.1) is 0 Å². The third-order valence-electron chi connectivity index (χ3n) is 4.35. The molecule has 0 aliphatic carbocycles. The molecule has 118 valence electrons. The highest BCUT2D eigenvalue weighted by Gasteiger charge is 2.36. The summed E-state index contributed by atoms with van der Waals surface area (Å²) in [6.07, 6.45) is 7.59. The minimum absolute atomic E-state index is 0.198. The summed E-state index contributed by atoms with van der Waals surface area (Å²) in [6.45, 7) is 9.40. The minimum Gasteiger partial charge on any atom is -0.480 e. The van der Waals surface area contributed by atoms with Crippen molar-refractivity contribution >= 4 is 5.97 Å². The molecule has 4 heteroatoms. The molecule has 1 aliphatic rings. The normalized spacial score (nSPS) is 20.6. The summed E-state index contributed by atoms with van der Waals surface area (Å²) in [7, 11) is 0.